The maximum Gasteiger partial charge on any atom is 0.120 e. The minimum Gasteiger partial charge on any atom is -0.371 e. The number of ether oxygens (including phenoxy) is 1. The van der Waals surface area contributed by atoms with Gasteiger partial charge in [-0.2, -0.15) is 0 Å². The molecule has 2 heterocycles. The molecule has 0 amide bonds. The molecule has 5 heteroatoms. The summed E-state index contributed by atoms with van der Waals surface area (Å²) < 4.78 is 7.07. The summed E-state index contributed by atoms with van der Waals surface area (Å²) in [7, 11) is 0. The standard InChI is InChI=1S/C13H15ClN2OS/c14-9-1-2-12-11(7-9)16-13(18-12)8-17-10-3-5-15-6-4-10/h1-2,7,10,15H,3-6,8H2. The van der Waals surface area contributed by atoms with E-state index in [0.717, 1.165) is 41.5 Å². The molecule has 3 nitrogen and oxygen atoms in total. The van der Waals surface area contributed by atoms with Crippen molar-refractivity contribution in [2.24, 2.45) is 0 Å². The van der Waals surface area contributed by atoms with Gasteiger partial charge in [-0.1, -0.05) is 11.6 Å². The number of piperidine rings is 1. The number of thiazole rings is 1. The molecule has 0 spiro atoms. The fraction of sp³-hybridized carbons (Fsp3) is 0.462. The summed E-state index contributed by atoms with van der Waals surface area (Å²) >= 11 is 7.64. The van der Waals surface area contributed by atoms with Crippen LogP contribution in [0.3, 0.4) is 0 Å². The van der Waals surface area contributed by atoms with Gasteiger partial charge < -0.3 is 10.1 Å². The van der Waals surface area contributed by atoms with Crippen LogP contribution in [0.4, 0.5) is 0 Å². The van der Waals surface area contributed by atoms with Gasteiger partial charge in [-0.15, -0.1) is 11.3 Å². The zero-order valence-electron chi connectivity index (χ0n) is 9.99. The van der Waals surface area contributed by atoms with E-state index >= 15 is 0 Å². The number of hydrogen-bond acceptors (Lipinski definition) is 4. The first-order chi connectivity index (χ1) is 8.81. The van der Waals surface area contributed by atoms with Crippen LogP contribution in [0.15, 0.2) is 18.2 Å². The van der Waals surface area contributed by atoms with E-state index in [-0.39, 0.29) is 0 Å². The number of aromatic nitrogens is 1. The van der Waals surface area contributed by atoms with Crippen molar-refractivity contribution >= 4 is 33.2 Å². The van der Waals surface area contributed by atoms with Crippen molar-refractivity contribution in [3.8, 4) is 0 Å². The van der Waals surface area contributed by atoms with E-state index in [4.69, 9.17) is 16.3 Å². The summed E-state index contributed by atoms with van der Waals surface area (Å²) in [6.45, 7) is 2.72. The minimum atomic E-state index is 0.377. The molecule has 1 aliphatic rings. The Bertz CT molecular complexity index is 537. The van der Waals surface area contributed by atoms with Crippen LogP contribution in [-0.4, -0.2) is 24.2 Å². The first-order valence-electron chi connectivity index (χ1n) is 6.18. The fourth-order valence-corrected chi connectivity index (χ4v) is 3.20. The number of benzene rings is 1. The van der Waals surface area contributed by atoms with Crippen molar-refractivity contribution in [3.05, 3.63) is 28.2 Å². The van der Waals surface area contributed by atoms with Crippen LogP contribution >= 0.6 is 22.9 Å². The third-order valence-corrected chi connectivity index (χ3v) is 4.37. The first kappa shape index (κ1) is 12.4. The van der Waals surface area contributed by atoms with E-state index in [1.165, 1.54) is 4.70 Å². The van der Waals surface area contributed by atoms with Gasteiger partial charge in [0, 0.05) is 5.02 Å². The Morgan fingerprint density at radius 1 is 1.39 bits per heavy atom. The largest absolute Gasteiger partial charge is 0.371 e. The Hall–Kier alpha value is -0.680. The topological polar surface area (TPSA) is 34.1 Å². The highest BCUT2D eigenvalue weighted by atomic mass is 35.5. The van der Waals surface area contributed by atoms with Crippen molar-refractivity contribution in [2.75, 3.05) is 13.1 Å². The molecule has 0 saturated carbocycles. The molecule has 1 saturated heterocycles. The molecule has 1 N–H and O–H groups in total. The highest BCUT2D eigenvalue weighted by Gasteiger charge is 2.14. The number of fused-ring (bicyclic) bond motifs is 1. The highest BCUT2D eigenvalue weighted by Crippen LogP contribution is 2.25. The second-order valence-electron chi connectivity index (χ2n) is 4.48. The highest BCUT2D eigenvalue weighted by molar-refractivity contribution is 7.18. The van der Waals surface area contributed by atoms with E-state index in [1.54, 1.807) is 11.3 Å². The molecule has 96 valence electrons. The molecule has 0 unspecified atom stereocenters. The lowest BCUT2D eigenvalue weighted by molar-refractivity contribution is 0.0212. The number of nitrogens with zero attached hydrogens (tertiary/aromatic N) is 1. The van der Waals surface area contributed by atoms with Gasteiger partial charge >= 0.3 is 0 Å². The first-order valence-corrected chi connectivity index (χ1v) is 7.38. The van der Waals surface area contributed by atoms with Gasteiger partial charge in [0.05, 0.1) is 22.9 Å². The van der Waals surface area contributed by atoms with Crippen molar-refractivity contribution < 1.29 is 4.74 Å². The third-order valence-electron chi connectivity index (χ3n) is 3.12. The van der Waals surface area contributed by atoms with Crippen molar-refractivity contribution in [1.29, 1.82) is 0 Å². The molecule has 18 heavy (non-hydrogen) atoms. The Morgan fingerprint density at radius 2 is 2.22 bits per heavy atom. The SMILES string of the molecule is Clc1ccc2sc(COC3CCNCC3)nc2c1. The predicted octanol–water partition coefficient (Wildman–Crippen LogP) is 3.22. The molecular formula is C13H15ClN2OS. The van der Waals surface area contributed by atoms with Gasteiger partial charge in [0.1, 0.15) is 5.01 Å². The zero-order valence-corrected chi connectivity index (χ0v) is 11.6. The van der Waals surface area contributed by atoms with Gasteiger partial charge in [-0.05, 0) is 44.1 Å². The Kier molecular flexibility index (Phi) is 3.80. The summed E-state index contributed by atoms with van der Waals surface area (Å²) in [6, 6.07) is 5.82. The second kappa shape index (κ2) is 5.53. The molecule has 1 aliphatic heterocycles. The second-order valence-corrected chi connectivity index (χ2v) is 6.03. The van der Waals surface area contributed by atoms with Crippen LogP contribution in [-0.2, 0) is 11.3 Å². The van der Waals surface area contributed by atoms with E-state index in [0.29, 0.717) is 12.7 Å². The van der Waals surface area contributed by atoms with Gasteiger partial charge in [-0.25, -0.2) is 4.98 Å². The van der Waals surface area contributed by atoms with Crippen molar-refractivity contribution in [2.45, 2.75) is 25.6 Å². The summed E-state index contributed by atoms with van der Waals surface area (Å²) in [5.41, 5.74) is 0.969. The quantitative estimate of drug-likeness (QED) is 0.939. The molecule has 1 aromatic heterocycles. The van der Waals surface area contributed by atoms with E-state index in [9.17, 15) is 0 Å². The van der Waals surface area contributed by atoms with E-state index in [1.807, 2.05) is 18.2 Å². The van der Waals surface area contributed by atoms with Crippen LogP contribution in [0, 0.1) is 0 Å². The van der Waals surface area contributed by atoms with Crippen LogP contribution in [0.5, 0.6) is 0 Å². The van der Waals surface area contributed by atoms with Crippen molar-refractivity contribution in [3.63, 3.8) is 0 Å². The van der Waals surface area contributed by atoms with Gasteiger partial charge in [-0.3, -0.25) is 0 Å². The summed E-state index contributed by atoms with van der Waals surface area (Å²) in [6.07, 6.45) is 2.56. The summed E-state index contributed by atoms with van der Waals surface area (Å²) in [4.78, 5) is 4.55. The molecule has 2 aromatic rings. The van der Waals surface area contributed by atoms with E-state index in [2.05, 4.69) is 10.3 Å². The molecule has 0 radical (unpaired) electrons. The molecule has 1 aromatic carbocycles. The zero-order chi connectivity index (χ0) is 12.4. The Labute approximate surface area is 115 Å². The minimum absolute atomic E-state index is 0.377. The maximum absolute atomic E-state index is 5.95. The summed E-state index contributed by atoms with van der Waals surface area (Å²) in [5.74, 6) is 0. The van der Waals surface area contributed by atoms with Crippen LogP contribution in [0.25, 0.3) is 10.2 Å². The number of halogens is 1. The van der Waals surface area contributed by atoms with Gasteiger partial charge in [0.2, 0.25) is 0 Å². The molecular weight excluding hydrogens is 268 g/mol. The van der Waals surface area contributed by atoms with Gasteiger partial charge in [0.15, 0.2) is 0 Å². The van der Waals surface area contributed by atoms with Crippen LogP contribution in [0.1, 0.15) is 17.8 Å². The smallest absolute Gasteiger partial charge is 0.120 e. The lowest BCUT2D eigenvalue weighted by atomic mass is 10.1. The normalized spacial score (nSPS) is 17.4. The lowest BCUT2D eigenvalue weighted by Crippen LogP contribution is -2.32. The number of nitrogens with one attached hydrogen (secondary N) is 1. The predicted molar refractivity (Wildman–Crippen MR) is 75.3 cm³/mol. The lowest BCUT2D eigenvalue weighted by Gasteiger charge is -2.22. The molecule has 3 rings (SSSR count). The number of rotatable bonds is 3. The average Bonchev–Trinajstić information content (AvgIpc) is 2.79. The fourth-order valence-electron chi connectivity index (χ4n) is 2.16. The molecule has 0 aliphatic carbocycles. The van der Waals surface area contributed by atoms with E-state index < -0.39 is 0 Å². The Balaban J connectivity index is 1.67. The third kappa shape index (κ3) is 2.83. The van der Waals surface area contributed by atoms with Crippen LogP contribution < -0.4 is 5.32 Å². The van der Waals surface area contributed by atoms with Crippen LogP contribution in [0.2, 0.25) is 5.02 Å². The van der Waals surface area contributed by atoms with Gasteiger partial charge in [0.25, 0.3) is 0 Å². The number of hydrogen-bond donors (Lipinski definition) is 1. The summed E-state index contributed by atoms with van der Waals surface area (Å²) in [5, 5.41) is 5.10. The molecule has 1 fully saturated rings. The average molecular weight is 283 g/mol. The Morgan fingerprint density at radius 3 is 3.06 bits per heavy atom. The monoisotopic (exact) mass is 282 g/mol. The van der Waals surface area contributed by atoms with Crippen molar-refractivity contribution in [1.82, 2.24) is 10.3 Å². The maximum atomic E-state index is 5.95. The molecule has 0 bridgehead atoms. The molecule has 0 atom stereocenters.